The molecule has 0 aliphatic carbocycles. The van der Waals surface area contributed by atoms with Gasteiger partial charge < -0.3 is 9.66 Å². The average molecular weight is 269 g/mol. The van der Waals surface area contributed by atoms with Gasteiger partial charge in [-0.05, 0) is 18.2 Å². The van der Waals surface area contributed by atoms with E-state index in [1.165, 1.54) is 12.1 Å². The molecule has 1 atom stereocenters. The third-order valence-corrected chi connectivity index (χ3v) is 2.52. The van der Waals surface area contributed by atoms with E-state index in [-0.39, 0.29) is 74.6 Å². The molecule has 0 heterocycles. The molecule has 8 heteroatoms. The monoisotopic (exact) mass is 268 g/mol. The predicted molar refractivity (Wildman–Crippen MR) is 61.7 cm³/mol. The standard InChI is InChI=1S/C7H5ClO4S.2Na.2H/c8-5-2-1-4(7(9)10)3-6(5)13(11)12;;;;/h1-3H,(H,9,10)(H,11,12);;;;. The molecule has 0 aromatic heterocycles. The number of aromatic carboxylic acids is 1. The first-order valence-electron chi connectivity index (χ1n) is 3.16. The molecule has 15 heavy (non-hydrogen) atoms. The van der Waals surface area contributed by atoms with Crippen LogP contribution in [0.1, 0.15) is 10.4 Å². The van der Waals surface area contributed by atoms with Gasteiger partial charge in [0, 0.05) is 0 Å². The first kappa shape index (κ1) is 18.5. The second-order valence-corrected chi connectivity index (χ2v) is 3.54. The van der Waals surface area contributed by atoms with Crippen molar-refractivity contribution >= 4 is 87.8 Å². The fourth-order valence-corrected chi connectivity index (χ4v) is 1.55. The molecule has 0 fully saturated rings. The molecule has 4 nitrogen and oxygen atoms in total. The van der Waals surface area contributed by atoms with Crippen LogP contribution in [0.2, 0.25) is 5.02 Å². The Kier molecular flexibility index (Phi) is 10.1. The summed E-state index contributed by atoms with van der Waals surface area (Å²) in [6.45, 7) is 0. The van der Waals surface area contributed by atoms with E-state index in [0.29, 0.717) is 0 Å². The van der Waals surface area contributed by atoms with E-state index >= 15 is 0 Å². The first-order valence-corrected chi connectivity index (χ1v) is 4.64. The Morgan fingerprint density at radius 1 is 1.33 bits per heavy atom. The number of benzene rings is 1. The van der Waals surface area contributed by atoms with Crippen molar-refractivity contribution in [3.8, 4) is 0 Å². The van der Waals surface area contributed by atoms with Crippen LogP contribution in [0.15, 0.2) is 23.1 Å². The maximum atomic E-state index is 10.6. The summed E-state index contributed by atoms with van der Waals surface area (Å²) in [6.07, 6.45) is 0. The number of carboxylic acids is 1. The fourth-order valence-electron chi connectivity index (χ4n) is 0.770. The molecule has 0 radical (unpaired) electrons. The van der Waals surface area contributed by atoms with Crippen LogP contribution < -0.4 is 0 Å². The molecule has 1 unspecified atom stereocenters. The predicted octanol–water partition coefficient (Wildman–Crippen LogP) is 0.322. The summed E-state index contributed by atoms with van der Waals surface area (Å²) >= 11 is 3.29. The van der Waals surface area contributed by atoms with E-state index in [9.17, 15) is 9.00 Å². The van der Waals surface area contributed by atoms with Gasteiger partial charge in [-0.2, -0.15) is 0 Å². The topological polar surface area (TPSA) is 74.6 Å². The Labute approximate surface area is 138 Å². The number of hydrogen-bond acceptors (Lipinski definition) is 2. The molecule has 0 aliphatic rings. The molecule has 74 valence electrons. The van der Waals surface area contributed by atoms with Gasteiger partial charge >= 0.3 is 65.1 Å². The van der Waals surface area contributed by atoms with Gasteiger partial charge in [0.05, 0.1) is 15.5 Å². The number of halogens is 1. The summed E-state index contributed by atoms with van der Waals surface area (Å²) in [7, 11) is 0. The van der Waals surface area contributed by atoms with Crippen molar-refractivity contribution in [3.05, 3.63) is 28.8 Å². The number of carboxylic acid groups (broad SMARTS) is 1. The van der Waals surface area contributed by atoms with Gasteiger partial charge in [-0.1, -0.05) is 11.6 Å². The Morgan fingerprint density at radius 2 is 1.87 bits per heavy atom. The Balaban J connectivity index is 0. The fraction of sp³-hybridized carbons (Fsp3) is 0. The Bertz CT molecular complexity index is 385. The van der Waals surface area contributed by atoms with E-state index in [1.807, 2.05) is 0 Å². The first-order chi connectivity index (χ1) is 6.02. The van der Waals surface area contributed by atoms with Crippen molar-refractivity contribution in [1.82, 2.24) is 0 Å². The summed E-state index contributed by atoms with van der Waals surface area (Å²) in [5.74, 6) is -1.16. The second-order valence-electron chi connectivity index (χ2n) is 2.20. The van der Waals surface area contributed by atoms with Crippen molar-refractivity contribution in [2.45, 2.75) is 4.90 Å². The molecule has 0 amide bonds. The van der Waals surface area contributed by atoms with Crippen molar-refractivity contribution < 1.29 is 18.7 Å². The van der Waals surface area contributed by atoms with E-state index in [2.05, 4.69) is 0 Å². The number of hydrogen-bond donors (Lipinski definition) is 2. The summed E-state index contributed by atoms with van der Waals surface area (Å²) < 4.78 is 19.3. The van der Waals surface area contributed by atoms with Crippen LogP contribution >= 0.6 is 11.6 Å². The van der Waals surface area contributed by atoms with E-state index in [4.69, 9.17) is 21.3 Å². The van der Waals surface area contributed by atoms with Crippen LogP contribution in [-0.4, -0.2) is 79.0 Å². The third kappa shape index (κ3) is 5.30. The van der Waals surface area contributed by atoms with Crippen LogP contribution in [-0.2, 0) is 11.1 Å². The Morgan fingerprint density at radius 3 is 2.27 bits per heavy atom. The van der Waals surface area contributed by atoms with Crippen LogP contribution in [0.3, 0.4) is 0 Å². The number of carbonyl (C=O) groups is 1. The zero-order valence-corrected chi connectivity index (χ0v) is 7.80. The quantitative estimate of drug-likeness (QED) is 0.598. The summed E-state index contributed by atoms with van der Waals surface area (Å²) in [5, 5.41) is 8.63. The van der Waals surface area contributed by atoms with Crippen molar-refractivity contribution in [1.29, 1.82) is 0 Å². The van der Waals surface area contributed by atoms with Crippen LogP contribution in [0.4, 0.5) is 0 Å². The summed E-state index contributed by atoms with van der Waals surface area (Å²) in [5.41, 5.74) is -0.0678. The van der Waals surface area contributed by atoms with Crippen molar-refractivity contribution in [2.24, 2.45) is 0 Å². The van der Waals surface area contributed by atoms with Gasteiger partial charge in [-0.15, -0.1) is 0 Å². The molecule has 1 aromatic rings. The minimum absolute atomic E-state index is 0. The van der Waals surface area contributed by atoms with Gasteiger partial charge in [0.2, 0.25) is 0 Å². The molecule has 1 rings (SSSR count). The molecule has 2 N–H and O–H groups in total. The van der Waals surface area contributed by atoms with E-state index < -0.39 is 17.0 Å². The van der Waals surface area contributed by atoms with Crippen molar-refractivity contribution in [2.75, 3.05) is 0 Å². The molecule has 0 saturated carbocycles. The van der Waals surface area contributed by atoms with Crippen LogP contribution in [0.25, 0.3) is 0 Å². The van der Waals surface area contributed by atoms with Gasteiger partial charge in [0.15, 0.2) is 11.1 Å². The van der Waals surface area contributed by atoms with Gasteiger partial charge in [0.25, 0.3) is 0 Å². The second kappa shape index (κ2) is 8.22. The number of rotatable bonds is 2. The molecule has 0 spiro atoms. The van der Waals surface area contributed by atoms with Crippen LogP contribution in [0.5, 0.6) is 0 Å². The normalized spacial score (nSPS) is 10.8. The van der Waals surface area contributed by atoms with Crippen molar-refractivity contribution in [3.63, 3.8) is 0 Å². The third-order valence-electron chi connectivity index (χ3n) is 1.37. The average Bonchev–Trinajstić information content (AvgIpc) is 2.04. The molecule has 1 aromatic carbocycles. The van der Waals surface area contributed by atoms with Gasteiger partial charge in [-0.25, -0.2) is 9.00 Å². The summed E-state index contributed by atoms with van der Waals surface area (Å²) in [4.78, 5) is 10.4. The molecular weight excluding hydrogens is 262 g/mol. The SMILES string of the molecule is O=C(O)c1ccc(Cl)c(S(=O)O)c1.[NaH].[NaH]. The molecule has 0 bridgehead atoms. The molecule has 0 saturated heterocycles. The van der Waals surface area contributed by atoms with Gasteiger partial charge in [-0.3, -0.25) is 0 Å². The molecule has 0 aliphatic heterocycles. The maximum absolute atomic E-state index is 10.6. The van der Waals surface area contributed by atoms with Crippen LogP contribution in [0, 0.1) is 0 Å². The summed E-state index contributed by atoms with van der Waals surface area (Å²) in [6, 6.07) is 3.61. The zero-order chi connectivity index (χ0) is 10.0. The minimum atomic E-state index is -2.26. The molecular formula is C7H7ClNa2O4S. The zero-order valence-electron chi connectivity index (χ0n) is 6.23. The van der Waals surface area contributed by atoms with Gasteiger partial charge in [0.1, 0.15) is 0 Å². The van der Waals surface area contributed by atoms with E-state index in [0.717, 1.165) is 6.07 Å². The Hall–Kier alpha value is 1.09. The van der Waals surface area contributed by atoms with E-state index in [1.54, 1.807) is 0 Å².